The zero-order valence-electron chi connectivity index (χ0n) is 9.34. The third-order valence-electron chi connectivity index (χ3n) is 2.67. The number of nitrogens with zero attached hydrogens (tertiary/aromatic N) is 2. The molecule has 0 saturated heterocycles. The highest BCUT2D eigenvalue weighted by Crippen LogP contribution is 2.20. The van der Waals surface area contributed by atoms with Gasteiger partial charge in [-0.3, -0.25) is 0 Å². The van der Waals surface area contributed by atoms with E-state index in [1.54, 1.807) is 0 Å². The number of nitriles is 2. The predicted octanol–water partition coefficient (Wildman–Crippen LogP) is 3.51. The molecular formula is C14H16N2. The summed E-state index contributed by atoms with van der Waals surface area (Å²) in [7, 11) is 0. The molecule has 2 nitrogen and oxygen atoms in total. The van der Waals surface area contributed by atoms with Gasteiger partial charge in [-0.05, 0) is 19.3 Å². The molecule has 0 aromatic carbocycles. The fourth-order valence-corrected chi connectivity index (χ4v) is 1.70. The van der Waals surface area contributed by atoms with Crippen molar-refractivity contribution in [1.82, 2.24) is 0 Å². The van der Waals surface area contributed by atoms with Gasteiger partial charge in [0, 0.05) is 0 Å². The van der Waals surface area contributed by atoms with Crippen molar-refractivity contribution in [3.8, 4) is 12.1 Å². The molecule has 2 unspecified atom stereocenters. The van der Waals surface area contributed by atoms with Crippen LogP contribution in [0, 0.1) is 34.5 Å². The molecule has 16 heavy (non-hydrogen) atoms. The predicted molar refractivity (Wildman–Crippen MR) is 64.1 cm³/mol. The van der Waals surface area contributed by atoms with Crippen molar-refractivity contribution in [2.45, 2.75) is 25.7 Å². The Balaban J connectivity index is 2.75. The summed E-state index contributed by atoms with van der Waals surface area (Å²) in [5.74, 6) is -0.448. The van der Waals surface area contributed by atoms with E-state index in [4.69, 9.17) is 10.5 Å². The smallest absolute Gasteiger partial charge is 0.0804 e. The maximum Gasteiger partial charge on any atom is 0.0804 e. The third kappa shape index (κ3) is 4.15. The monoisotopic (exact) mass is 212 g/mol. The van der Waals surface area contributed by atoms with Gasteiger partial charge in [-0.25, -0.2) is 0 Å². The molecule has 0 aromatic rings. The van der Waals surface area contributed by atoms with Crippen molar-refractivity contribution in [3.05, 3.63) is 36.5 Å². The molecule has 0 aliphatic heterocycles. The van der Waals surface area contributed by atoms with Crippen molar-refractivity contribution in [2.24, 2.45) is 11.8 Å². The summed E-state index contributed by atoms with van der Waals surface area (Å²) in [4.78, 5) is 0. The summed E-state index contributed by atoms with van der Waals surface area (Å²) in [6.07, 6.45) is 15.6. The molecule has 82 valence electrons. The molecule has 0 amide bonds. The van der Waals surface area contributed by atoms with Gasteiger partial charge >= 0.3 is 0 Å². The van der Waals surface area contributed by atoms with Crippen LogP contribution in [0.5, 0.6) is 0 Å². The molecule has 0 aromatic heterocycles. The lowest BCUT2D eigenvalue weighted by molar-refractivity contribution is 0.501. The highest BCUT2D eigenvalue weighted by molar-refractivity contribution is 5.16. The van der Waals surface area contributed by atoms with Crippen molar-refractivity contribution < 1.29 is 0 Å². The minimum absolute atomic E-state index is 0.168. The summed E-state index contributed by atoms with van der Waals surface area (Å²) in [6, 6.07) is 4.44. The first kappa shape index (κ1) is 12.3. The Morgan fingerprint density at radius 1 is 0.938 bits per heavy atom. The Bertz CT molecular complexity index is 363. The topological polar surface area (TPSA) is 47.6 Å². The minimum atomic E-state index is -0.280. The van der Waals surface area contributed by atoms with Crippen LogP contribution in [0.15, 0.2) is 36.5 Å². The largest absolute Gasteiger partial charge is 0.198 e. The van der Waals surface area contributed by atoms with Gasteiger partial charge in [-0.2, -0.15) is 10.5 Å². The molecule has 2 atom stereocenters. The first-order valence-corrected chi connectivity index (χ1v) is 5.67. The standard InChI is InChI=1S/C14H16N2/c15-11-13-9-7-5-3-1-2-4-6-8-10-14(13)12-16/h1-3,5,7,9,13-14H,4,6,8,10H2. The number of allylic oxidation sites excluding steroid dienone is 6. The van der Waals surface area contributed by atoms with Crippen LogP contribution in [-0.4, -0.2) is 0 Å². The molecule has 0 radical (unpaired) electrons. The Morgan fingerprint density at radius 2 is 1.75 bits per heavy atom. The SMILES string of the molecule is N#CC1C=CC=CC=CCCCCC1C#N. The van der Waals surface area contributed by atoms with Gasteiger partial charge in [0.2, 0.25) is 0 Å². The maximum absolute atomic E-state index is 9.03. The van der Waals surface area contributed by atoms with Gasteiger partial charge in [0.1, 0.15) is 0 Å². The van der Waals surface area contributed by atoms with E-state index in [1.165, 1.54) is 0 Å². The van der Waals surface area contributed by atoms with E-state index in [-0.39, 0.29) is 11.8 Å². The number of hydrogen-bond donors (Lipinski definition) is 0. The maximum atomic E-state index is 9.03. The fourth-order valence-electron chi connectivity index (χ4n) is 1.70. The van der Waals surface area contributed by atoms with E-state index in [9.17, 15) is 0 Å². The average Bonchev–Trinajstić information content (AvgIpc) is 2.30. The molecule has 0 N–H and O–H groups in total. The van der Waals surface area contributed by atoms with E-state index in [0.717, 1.165) is 25.7 Å². The lowest BCUT2D eigenvalue weighted by atomic mass is 9.89. The summed E-state index contributed by atoms with van der Waals surface area (Å²) >= 11 is 0. The molecule has 1 aliphatic rings. The first-order valence-electron chi connectivity index (χ1n) is 5.67. The van der Waals surface area contributed by atoms with Crippen LogP contribution >= 0.6 is 0 Å². The molecule has 1 rings (SSSR count). The molecule has 1 aliphatic carbocycles. The Morgan fingerprint density at radius 3 is 2.50 bits per heavy atom. The Labute approximate surface area is 97.2 Å². The molecule has 0 saturated carbocycles. The Kier molecular flexibility index (Phi) is 5.74. The van der Waals surface area contributed by atoms with Crippen molar-refractivity contribution in [3.63, 3.8) is 0 Å². The van der Waals surface area contributed by atoms with Crippen LogP contribution in [0.25, 0.3) is 0 Å². The van der Waals surface area contributed by atoms with E-state index in [2.05, 4.69) is 18.2 Å². The van der Waals surface area contributed by atoms with Gasteiger partial charge in [-0.15, -0.1) is 0 Å². The number of hydrogen-bond acceptors (Lipinski definition) is 2. The summed E-state index contributed by atoms with van der Waals surface area (Å²) in [5, 5.41) is 18.0. The third-order valence-corrected chi connectivity index (χ3v) is 2.67. The van der Waals surface area contributed by atoms with E-state index in [1.807, 2.05) is 30.4 Å². The van der Waals surface area contributed by atoms with Crippen molar-refractivity contribution in [2.75, 3.05) is 0 Å². The molecular weight excluding hydrogens is 196 g/mol. The first-order chi connectivity index (χ1) is 7.88. The molecule has 0 heterocycles. The second-order valence-corrected chi connectivity index (χ2v) is 3.87. The lowest BCUT2D eigenvalue weighted by Gasteiger charge is -2.11. The van der Waals surface area contributed by atoms with Gasteiger partial charge in [0.25, 0.3) is 0 Å². The summed E-state index contributed by atoms with van der Waals surface area (Å²) in [6.45, 7) is 0. The summed E-state index contributed by atoms with van der Waals surface area (Å²) in [5.41, 5.74) is 0. The summed E-state index contributed by atoms with van der Waals surface area (Å²) < 4.78 is 0. The molecule has 0 bridgehead atoms. The quantitative estimate of drug-likeness (QED) is 0.617. The molecule has 2 heteroatoms. The average molecular weight is 212 g/mol. The zero-order valence-corrected chi connectivity index (χ0v) is 9.34. The highest BCUT2D eigenvalue weighted by atomic mass is 14.3. The molecule has 0 fully saturated rings. The van der Waals surface area contributed by atoms with E-state index < -0.39 is 0 Å². The van der Waals surface area contributed by atoms with E-state index >= 15 is 0 Å². The normalized spacial score (nSPS) is 26.1. The van der Waals surface area contributed by atoms with Crippen LogP contribution in [-0.2, 0) is 0 Å². The second kappa shape index (κ2) is 7.49. The second-order valence-electron chi connectivity index (χ2n) is 3.87. The van der Waals surface area contributed by atoms with Crippen molar-refractivity contribution in [1.29, 1.82) is 10.5 Å². The lowest BCUT2D eigenvalue weighted by Crippen LogP contribution is -2.09. The van der Waals surface area contributed by atoms with Crippen LogP contribution in [0.4, 0.5) is 0 Å². The Hall–Kier alpha value is -1.80. The van der Waals surface area contributed by atoms with Gasteiger partial charge < -0.3 is 0 Å². The van der Waals surface area contributed by atoms with Crippen LogP contribution in [0.1, 0.15) is 25.7 Å². The highest BCUT2D eigenvalue weighted by Gasteiger charge is 2.17. The van der Waals surface area contributed by atoms with Crippen LogP contribution in [0.3, 0.4) is 0 Å². The molecule has 0 spiro atoms. The zero-order chi connectivity index (χ0) is 11.6. The van der Waals surface area contributed by atoms with Crippen LogP contribution in [0.2, 0.25) is 0 Å². The van der Waals surface area contributed by atoms with Gasteiger partial charge in [0.15, 0.2) is 0 Å². The fraction of sp³-hybridized carbons (Fsp3) is 0.429. The van der Waals surface area contributed by atoms with Crippen molar-refractivity contribution >= 4 is 0 Å². The van der Waals surface area contributed by atoms with E-state index in [0.29, 0.717) is 0 Å². The van der Waals surface area contributed by atoms with Crippen LogP contribution < -0.4 is 0 Å². The van der Waals surface area contributed by atoms with Gasteiger partial charge in [0.05, 0.1) is 24.0 Å². The van der Waals surface area contributed by atoms with Gasteiger partial charge in [-0.1, -0.05) is 42.9 Å². The number of rotatable bonds is 0. The minimum Gasteiger partial charge on any atom is -0.198 e.